The van der Waals surface area contributed by atoms with Gasteiger partial charge in [-0.2, -0.15) is 0 Å². The predicted molar refractivity (Wildman–Crippen MR) is 81.9 cm³/mol. The van der Waals surface area contributed by atoms with Crippen molar-refractivity contribution in [2.24, 2.45) is 5.92 Å². The van der Waals surface area contributed by atoms with Crippen LogP contribution >= 0.6 is 11.6 Å². The summed E-state index contributed by atoms with van der Waals surface area (Å²) in [5.41, 5.74) is 0.610. The zero-order valence-corrected chi connectivity index (χ0v) is 13.9. The number of ether oxygens (including phenoxy) is 1. The minimum absolute atomic E-state index is 0.142. The van der Waals surface area contributed by atoms with E-state index in [0.29, 0.717) is 29.7 Å². The van der Waals surface area contributed by atoms with Crippen LogP contribution in [0.25, 0.3) is 0 Å². The molecule has 0 aromatic heterocycles. The van der Waals surface area contributed by atoms with Gasteiger partial charge in [-0.1, -0.05) is 31.5 Å². The van der Waals surface area contributed by atoms with Gasteiger partial charge in [-0.25, -0.2) is 8.42 Å². The van der Waals surface area contributed by atoms with Crippen molar-refractivity contribution in [1.29, 1.82) is 0 Å². The second-order valence-corrected chi connectivity index (χ2v) is 7.57. The Morgan fingerprint density at radius 3 is 2.50 bits per heavy atom. The lowest BCUT2D eigenvalue weighted by atomic mass is 10.0. The van der Waals surface area contributed by atoms with Crippen molar-refractivity contribution in [3.63, 3.8) is 0 Å². The van der Waals surface area contributed by atoms with E-state index in [1.807, 2.05) is 0 Å². The van der Waals surface area contributed by atoms with E-state index in [4.69, 9.17) is 16.3 Å². The van der Waals surface area contributed by atoms with Gasteiger partial charge in [0, 0.05) is 36.5 Å². The average Bonchev–Trinajstić information content (AvgIpc) is 2.34. The maximum absolute atomic E-state index is 11.8. The largest absolute Gasteiger partial charge is 0.383 e. The number of benzene rings is 1. The van der Waals surface area contributed by atoms with Gasteiger partial charge in [0.15, 0.2) is 9.84 Å². The fourth-order valence-electron chi connectivity index (χ4n) is 1.96. The molecule has 0 spiro atoms. The first kappa shape index (κ1) is 17.4. The van der Waals surface area contributed by atoms with Crippen LogP contribution in [0.4, 0.5) is 0 Å². The Morgan fingerprint density at radius 1 is 1.35 bits per heavy atom. The first-order valence-corrected chi connectivity index (χ1v) is 8.74. The van der Waals surface area contributed by atoms with E-state index in [1.165, 1.54) is 6.26 Å². The Labute approximate surface area is 126 Å². The summed E-state index contributed by atoms with van der Waals surface area (Å²) in [4.78, 5) is 0.275. The van der Waals surface area contributed by atoms with E-state index in [1.54, 1.807) is 25.3 Å². The lowest BCUT2D eigenvalue weighted by Gasteiger charge is -2.22. The summed E-state index contributed by atoms with van der Waals surface area (Å²) in [5.74, 6) is 0.374. The molecule has 0 saturated carbocycles. The molecule has 1 unspecified atom stereocenters. The van der Waals surface area contributed by atoms with Crippen LogP contribution in [0.1, 0.15) is 19.4 Å². The maximum Gasteiger partial charge on any atom is 0.175 e. The van der Waals surface area contributed by atoms with Gasteiger partial charge in [0.25, 0.3) is 0 Å². The molecule has 20 heavy (non-hydrogen) atoms. The monoisotopic (exact) mass is 319 g/mol. The highest BCUT2D eigenvalue weighted by Gasteiger charge is 2.18. The van der Waals surface area contributed by atoms with E-state index >= 15 is 0 Å². The van der Waals surface area contributed by atoms with Crippen molar-refractivity contribution in [3.05, 3.63) is 28.8 Å². The van der Waals surface area contributed by atoms with Crippen molar-refractivity contribution < 1.29 is 13.2 Å². The molecule has 0 aliphatic rings. The van der Waals surface area contributed by atoms with Crippen LogP contribution in [0.2, 0.25) is 5.02 Å². The number of rotatable bonds is 7. The number of methoxy groups -OCH3 is 1. The second-order valence-electron chi connectivity index (χ2n) is 5.18. The highest BCUT2D eigenvalue weighted by atomic mass is 35.5. The average molecular weight is 320 g/mol. The molecule has 0 aliphatic heterocycles. The minimum Gasteiger partial charge on any atom is -0.383 e. The standard InChI is InChI=1S/C14H22ClNO3S/c1-10(2)13(9-19-3)16-8-11-12(15)6-5-7-14(11)20(4,17)18/h5-7,10,13,16H,8-9H2,1-4H3. The highest BCUT2D eigenvalue weighted by Crippen LogP contribution is 2.24. The van der Waals surface area contributed by atoms with Crippen LogP contribution in [0.3, 0.4) is 0 Å². The summed E-state index contributed by atoms with van der Waals surface area (Å²) in [6.07, 6.45) is 1.19. The molecule has 1 atom stereocenters. The van der Waals surface area contributed by atoms with Crippen molar-refractivity contribution in [2.75, 3.05) is 20.0 Å². The summed E-state index contributed by atoms with van der Waals surface area (Å²) in [5, 5.41) is 3.77. The van der Waals surface area contributed by atoms with Gasteiger partial charge < -0.3 is 10.1 Å². The Bertz CT molecular complexity index is 543. The SMILES string of the molecule is COCC(NCc1c(Cl)cccc1S(C)(=O)=O)C(C)C. The Hall–Kier alpha value is -0.620. The third-order valence-corrected chi connectivity index (χ3v) is 4.70. The van der Waals surface area contributed by atoms with Gasteiger partial charge in [-0.15, -0.1) is 0 Å². The van der Waals surface area contributed by atoms with Gasteiger partial charge >= 0.3 is 0 Å². The molecule has 0 bridgehead atoms. The molecular formula is C14H22ClNO3S. The Balaban J connectivity index is 2.97. The molecule has 0 aliphatic carbocycles. The number of halogens is 1. The molecule has 4 nitrogen and oxygen atoms in total. The van der Waals surface area contributed by atoms with Crippen molar-refractivity contribution >= 4 is 21.4 Å². The van der Waals surface area contributed by atoms with Crippen LogP contribution < -0.4 is 5.32 Å². The van der Waals surface area contributed by atoms with Crippen LogP contribution in [-0.2, 0) is 21.1 Å². The van der Waals surface area contributed by atoms with Gasteiger partial charge in [-0.05, 0) is 18.1 Å². The smallest absolute Gasteiger partial charge is 0.175 e. The lowest BCUT2D eigenvalue weighted by molar-refractivity contribution is 0.146. The topological polar surface area (TPSA) is 55.4 Å². The predicted octanol–water partition coefficient (Wildman–Crippen LogP) is 2.50. The van der Waals surface area contributed by atoms with Crippen molar-refractivity contribution in [2.45, 2.75) is 31.3 Å². The maximum atomic E-state index is 11.8. The summed E-state index contributed by atoms with van der Waals surface area (Å²) in [7, 11) is -1.64. The minimum atomic E-state index is -3.29. The molecule has 0 amide bonds. The van der Waals surface area contributed by atoms with E-state index in [-0.39, 0.29) is 10.9 Å². The normalized spacial score (nSPS) is 13.7. The zero-order valence-electron chi connectivity index (χ0n) is 12.3. The van der Waals surface area contributed by atoms with E-state index in [2.05, 4.69) is 19.2 Å². The quantitative estimate of drug-likeness (QED) is 0.839. The Kier molecular flexibility index (Phi) is 6.45. The molecule has 0 fully saturated rings. The van der Waals surface area contributed by atoms with Crippen LogP contribution in [-0.4, -0.2) is 34.4 Å². The Morgan fingerprint density at radius 2 is 2.00 bits per heavy atom. The molecule has 1 rings (SSSR count). The molecule has 0 heterocycles. The number of hydrogen-bond donors (Lipinski definition) is 1. The van der Waals surface area contributed by atoms with Gasteiger partial charge in [0.05, 0.1) is 11.5 Å². The summed E-state index contributed by atoms with van der Waals surface area (Å²) >= 11 is 6.14. The van der Waals surface area contributed by atoms with E-state index in [9.17, 15) is 8.42 Å². The van der Waals surface area contributed by atoms with E-state index < -0.39 is 9.84 Å². The molecule has 1 N–H and O–H groups in total. The van der Waals surface area contributed by atoms with Crippen LogP contribution in [0, 0.1) is 5.92 Å². The zero-order chi connectivity index (χ0) is 15.3. The lowest BCUT2D eigenvalue weighted by Crippen LogP contribution is -2.37. The highest BCUT2D eigenvalue weighted by molar-refractivity contribution is 7.90. The molecule has 1 aromatic rings. The van der Waals surface area contributed by atoms with Gasteiger partial charge in [0.1, 0.15) is 0 Å². The molecule has 0 saturated heterocycles. The van der Waals surface area contributed by atoms with Crippen LogP contribution in [0.5, 0.6) is 0 Å². The molecule has 114 valence electrons. The first-order valence-electron chi connectivity index (χ1n) is 6.47. The van der Waals surface area contributed by atoms with E-state index in [0.717, 1.165) is 0 Å². The first-order chi connectivity index (χ1) is 9.27. The number of hydrogen-bond acceptors (Lipinski definition) is 4. The van der Waals surface area contributed by atoms with Gasteiger partial charge in [-0.3, -0.25) is 0 Å². The fourth-order valence-corrected chi connectivity index (χ4v) is 3.21. The third kappa shape index (κ3) is 4.74. The summed E-state index contributed by atoms with van der Waals surface area (Å²) in [6, 6.07) is 5.08. The van der Waals surface area contributed by atoms with Gasteiger partial charge in [0.2, 0.25) is 0 Å². The number of sulfone groups is 1. The fraction of sp³-hybridized carbons (Fsp3) is 0.571. The number of nitrogens with one attached hydrogen (secondary N) is 1. The molecule has 0 radical (unpaired) electrons. The van der Waals surface area contributed by atoms with Crippen molar-refractivity contribution in [3.8, 4) is 0 Å². The van der Waals surface area contributed by atoms with Crippen LogP contribution in [0.15, 0.2) is 23.1 Å². The second kappa shape index (κ2) is 7.41. The summed E-state index contributed by atoms with van der Waals surface area (Å²) in [6.45, 7) is 5.13. The third-order valence-electron chi connectivity index (χ3n) is 3.17. The molecular weight excluding hydrogens is 298 g/mol. The molecule has 6 heteroatoms. The molecule has 1 aromatic carbocycles. The summed E-state index contributed by atoms with van der Waals surface area (Å²) < 4.78 is 28.8. The van der Waals surface area contributed by atoms with Crippen molar-refractivity contribution in [1.82, 2.24) is 5.32 Å².